The molecule has 2 bridgehead atoms. The Morgan fingerprint density at radius 1 is 1.04 bits per heavy atom. The van der Waals surface area contributed by atoms with Crippen LogP contribution < -0.4 is 4.74 Å². The minimum absolute atomic E-state index is 0.0499. The van der Waals surface area contributed by atoms with Crippen molar-refractivity contribution < 1.29 is 18.3 Å². The number of hydrogen-bond acceptors (Lipinski definition) is 3. The van der Waals surface area contributed by atoms with Crippen LogP contribution in [0.4, 0.5) is 8.78 Å². The van der Waals surface area contributed by atoms with Gasteiger partial charge in [-0.1, -0.05) is 0 Å². The van der Waals surface area contributed by atoms with Gasteiger partial charge in [-0.05, 0) is 43.2 Å². The zero-order valence-corrected chi connectivity index (χ0v) is 13.6. The molecule has 0 saturated carbocycles. The van der Waals surface area contributed by atoms with Crippen molar-refractivity contribution in [2.45, 2.75) is 43.9 Å². The normalized spacial score (nSPS) is 25.0. The first-order chi connectivity index (χ1) is 12.1. The van der Waals surface area contributed by atoms with Gasteiger partial charge in [0.25, 0.3) is 5.91 Å². The molecule has 0 aliphatic carbocycles. The Balaban J connectivity index is 1.48. The number of benzene rings is 1. The highest BCUT2D eigenvalue weighted by molar-refractivity contribution is 5.95. The first-order valence-corrected chi connectivity index (χ1v) is 8.46. The van der Waals surface area contributed by atoms with Crippen molar-refractivity contribution in [2.24, 2.45) is 0 Å². The van der Waals surface area contributed by atoms with Crippen molar-refractivity contribution in [3.63, 3.8) is 0 Å². The molecule has 25 heavy (non-hydrogen) atoms. The van der Waals surface area contributed by atoms with E-state index in [9.17, 15) is 13.6 Å². The lowest BCUT2D eigenvalue weighted by atomic mass is 9.98. The molecule has 2 unspecified atom stereocenters. The monoisotopic (exact) mass is 344 g/mol. The smallest absolute Gasteiger partial charge is 0.254 e. The second kappa shape index (κ2) is 6.43. The zero-order chi connectivity index (χ0) is 17.4. The quantitative estimate of drug-likeness (QED) is 0.855. The minimum Gasteiger partial charge on any atom is -0.490 e. The van der Waals surface area contributed by atoms with E-state index in [2.05, 4.69) is 4.98 Å². The van der Waals surface area contributed by atoms with Crippen LogP contribution in [0.15, 0.2) is 42.7 Å². The van der Waals surface area contributed by atoms with E-state index in [-0.39, 0.29) is 29.7 Å². The molecule has 1 aromatic carbocycles. The highest BCUT2D eigenvalue weighted by Crippen LogP contribution is 2.38. The Morgan fingerprint density at radius 2 is 1.72 bits per heavy atom. The van der Waals surface area contributed by atoms with Gasteiger partial charge >= 0.3 is 0 Å². The maximum atomic E-state index is 13.5. The summed E-state index contributed by atoms with van der Waals surface area (Å²) in [6.45, 7) is 0. The number of ether oxygens (including phenoxy) is 1. The van der Waals surface area contributed by atoms with Gasteiger partial charge in [-0.2, -0.15) is 0 Å². The minimum atomic E-state index is -0.992. The zero-order valence-electron chi connectivity index (χ0n) is 13.6. The van der Waals surface area contributed by atoms with Gasteiger partial charge in [-0.15, -0.1) is 0 Å². The first kappa shape index (κ1) is 16.0. The molecule has 2 atom stereocenters. The van der Waals surface area contributed by atoms with Gasteiger partial charge in [0.15, 0.2) is 11.6 Å². The molecule has 0 N–H and O–H groups in total. The fourth-order valence-corrected chi connectivity index (χ4v) is 3.94. The summed E-state index contributed by atoms with van der Waals surface area (Å²) in [4.78, 5) is 18.6. The number of amides is 1. The molecule has 2 aliphatic rings. The molecule has 2 saturated heterocycles. The number of fused-ring (bicyclic) bond motifs is 2. The van der Waals surface area contributed by atoms with E-state index in [0.29, 0.717) is 0 Å². The lowest BCUT2D eigenvalue weighted by Gasteiger charge is -2.39. The molecule has 6 heteroatoms. The van der Waals surface area contributed by atoms with E-state index in [4.69, 9.17) is 4.74 Å². The Kier molecular flexibility index (Phi) is 4.11. The van der Waals surface area contributed by atoms with E-state index < -0.39 is 11.6 Å². The number of carbonyl (C=O) groups excluding carboxylic acids is 1. The molecular formula is C19H18F2N2O2. The van der Waals surface area contributed by atoms with Crippen LogP contribution in [0.25, 0.3) is 0 Å². The average molecular weight is 344 g/mol. The van der Waals surface area contributed by atoms with Gasteiger partial charge in [0.05, 0.1) is 0 Å². The van der Waals surface area contributed by atoms with E-state index >= 15 is 0 Å². The van der Waals surface area contributed by atoms with E-state index in [1.54, 1.807) is 12.4 Å². The van der Waals surface area contributed by atoms with Gasteiger partial charge in [0.1, 0.15) is 11.9 Å². The second-order valence-electron chi connectivity index (χ2n) is 6.62. The number of piperidine rings is 1. The van der Waals surface area contributed by atoms with E-state index in [1.165, 1.54) is 6.07 Å². The first-order valence-electron chi connectivity index (χ1n) is 8.46. The van der Waals surface area contributed by atoms with Crippen molar-refractivity contribution in [1.29, 1.82) is 0 Å². The lowest BCUT2D eigenvalue weighted by Crippen LogP contribution is -2.49. The number of rotatable bonds is 3. The summed E-state index contributed by atoms with van der Waals surface area (Å²) in [5.74, 6) is -1.38. The van der Waals surface area contributed by atoms with Gasteiger partial charge in [-0.25, -0.2) is 8.78 Å². The molecule has 130 valence electrons. The van der Waals surface area contributed by atoms with Crippen LogP contribution in [-0.2, 0) is 0 Å². The van der Waals surface area contributed by atoms with Crippen molar-refractivity contribution >= 4 is 5.91 Å². The maximum Gasteiger partial charge on any atom is 0.254 e. The number of hydrogen-bond donors (Lipinski definition) is 0. The van der Waals surface area contributed by atoms with E-state index in [1.807, 2.05) is 17.0 Å². The van der Waals surface area contributed by atoms with E-state index in [0.717, 1.165) is 43.6 Å². The molecule has 3 heterocycles. The molecule has 2 aliphatic heterocycles. The summed E-state index contributed by atoms with van der Waals surface area (Å²) < 4.78 is 32.6. The molecule has 4 rings (SSSR count). The summed E-state index contributed by atoms with van der Waals surface area (Å²) in [7, 11) is 0. The average Bonchev–Trinajstić information content (AvgIpc) is 2.88. The Bertz CT molecular complexity index is 770. The third kappa shape index (κ3) is 3.08. The fraction of sp³-hybridized carbons (Fsp3) is 0.368. The fourth-order valence-electron chi connectivity index (χ4n) is 3.94. The van der Waals surface area contributed by atoms with Gasteiger partial charge in [-0.3, -0.25) is 9.78 Å². The molecule has 4 nitrogen and oxygen atoms in total. The van der Waals surface area contributed by atoms with Crippen LogP contribution in [-0.4, -0.2) is 34.0 Å². The van der Waals surface area contributed by atoms with Crippen LogP contribution in [0.5, 0.6) is 5.75 Å². The van der Waals surface area contributed by atoms with Gasteiger partial charge in [0.2, 0.25) is 0 Å². The topological polar surface area (TPSA) is 42.4 Å². The van der Waals surface area contributed by atoms with Crippen molar-refractivity contribution in [2.75, 3.05) is 0 Å². The van der Waals surface area contributed by atoms with Crippen LogP contribution in [0.3, 0.4) is 0 Å². The van der Waals surface area contributed by atoms with Crippen LogP contribution in [0.1, 0.15) is 36.0 Å². The number of nitrogens with zero attached hydrogens (tertiary/aromatic N) is 2. The van der Waals surface area contributed by atoms with Gasteiger partial charge < -0.3 is 9.64 Å². The summed E-state index contributed by atoms with van der Waals surface area (Å²) in [6, 6.07) is 7.12. The van der Waals surface area contributed by atoms with Crippen molar-refractivity contribution in [1.82, 2.24) is 9.88 Å². The summed E-state index contributed by atoms with van der Waals surface area (Å²) >= 11 is 0. The Hall–Kier alpha value is -2.50. The summed E-state index contributed by atoms with van der Waals surface area (Å²) in [5.41, 5.74) is 0.198. The molecule has 2 aromatic rings. The summed E-state index contributed by atoms with van der Waals surface area (Å²) in [5, 5.41) is 0. The second-order valence-corrected chi connectivity index (χ2v) is 6.62. The highest BCUT2D eigenvalue weighted by atomic mass is 19.2. The molecule has 0 spiro atoms. The largest absolute Gasteiger partial charge is 0.490 e. The van der Waals surface area contributed by atoms with Crippen LogP contribution in [0, 0.1) is 11.6 Å². The molecular weight excluding hydrogens is 326 g/mol. The van der Waals surface area contributed by atoms with Crippen LogP contribution >= 0.6 is 0 Å². The predicted molar refractivity (Wildman–Crippen MR) is 87.2 cm³/mol. The highest BCUT2D eigenvalue weighted by Gasteiger charge is 2.44. The van der Waals surface area contributed by atoms with Gasteiger partial charge in [0, 0.05) is 42.9 Å². The Labute approximate surface area is 144 Å². The molecule has 0 radical (unpaired) electrons. The Morgan fingerprint density at radius 3 is 2.36 bits per heavy atom. The van der Waals surface area contributed by atoms with Crippen molar-refractivity contribution in [3.05, 3.63) is 59.9 Å². The molecule has 1 aromatic heterocycles. The van der Waals surface area contributed by atoms with Crippen LogP contribution in [0.2, 0.25) is 0 Å². The third-order valence-corrected chi connectivity index (χ3v) is 5.04. The number of aromatic nitrogens is 1. The predicted octanol–water partition coefficient (Wildman–Crippen LogP) is 3.57. The third-order valence-electron chi connectivity index (χ3n) is 5.04. The standard InChI is InChI=1S/C19H18F2N2O2/c20-17-4-1-12(9-18(17)21)19(24)23-13-2-3-14(23)11-16(10-13)25-15-5-7-22-8-6-15/h1,4-9,13-14,16H,2-3,10-11H2. The summed E-state index contributed by atoms with van der Waals surface area (Å²) in [6.07, 6.45) is 6.74. The molecule has 1 amide bonds. The SMILES string of the molecule is O=C(c1ccc(F)c(F)c1)N1C2CCC1CC(Oc1ccncc1)C2. The van der Waals surface area contributed by atoms with Crippen molar-refractivity contribution in [3.8, 4) is 5.75 Å². The molecule has 2 fully saturated rings. The maximum absolute atomic E-state index is 13.5. The lowest BCUT2D eigenvalue weighted by molar-refractivity contribution is 0.0358. The number of carbonyl (C=O) groups is 1. The number of halogens is 2. The number of pyridine rings is 1.